The van der Waals surface area contributed by atoms with Crippen molar-refractivity contribution in [2.24, 2.45) is 0 Å². The number of hydrogen-bond acceptors (Lipinski definition) is 7. The maximum atomic E-state index is 6.40. The van der Waals surface area contributed by atoms with Gasteiger partial charge in [0.25, 0.3) is 0 Å². The molecule has 4 aromatic rings. The van der Waals surface area contributed by atoms with Crippen LogP contribution in [-0.4, -0.2) is 70.7 Å². The van der Waals surface area contributed by atoms with E-state index in [9.17, 15) is 0 Å². The fourth-order valence-electron chi connectivity index (χ4n) is 5.47. The van der Waals surface area contributed by atoms with E-state index >= 15 is 0 Å². The molecular weight excluding hydrogens is 520 g/mol. The summed E-state index contributed by atoms with van der Waals surface area (Å²) in [5.41, 5.74) is 3.79. The van der Waals surface area contributed by atoms with Gasteiger partial charge in [-0.25, -0.2) is 0 Å². The fraction of sp³-hybridized carbons (Fsp3) is 0.412. The van der Waals surface area contributed by atoms with E-state index in [-0.39, 0.29) is 18.3 Å². The van der Waals surface area contributed by atoms with E-state index in [0.29, 0.717) is 25.9 Å². The maximum Gasteiger partial charge on any atom is 0.123 e. The average molecular weight is 555 g/mol. The van der Waals surface area contributed by atoms with Crippen molar-refractivity contribution in [3.8, 4) is 17.2 Å². The van der Waals surface area contributed by atoms with Gasteiger partial charge in [0.15, 0.2) is 0 Å². The van der Waals surface area contributed by atoms with Crippen LogP contribution in [0.2, 0.25) is 0 Å². The van der Waals surface area contributed by atoms with E-state index in [1.807, 2.05) is 6.07 Å². The first-order chi connectivity index (χ1) is 20.2. The van der Waals surface area contributed by atoms with Gasteiger partial charge in [-0.3, -0.25) is 0 Å². The Kier molecular flexibility index (Phi) is 6.68. The van der Waals surface area contributed by atoms with Gasteiger partial charge in [0.05, 0.1) is 32.5 Å². The molecule has 0 aromatic heterocycles. The van der Waals surface area contributed by atoms with Crippen molar-refractivity contribution in [1.29, 1.82) is 0 Å². The number of aryl methyl sites for hydroxylation is 1. The van der Waals surface area contributed by atoms with Crippen LogP contribution in [0.5, 0.6) is 17.2 Å². The van der Waals surface area contributed by atoms with E-state index in [2.05, 4.69) is 54.6 Å². The third-order valence-corrected chi connectivity index (χ3v) is 8.26. The molecule has 212 valence electrons. The number of hydrogen-bond donors (Lipinski definition) is 0. The smallest absolute Gasteiger partial charge is 0.123 e. The Bertz CT molecular complexity index is 1440. The second kappa shape index (κ2) is 10.8. The van der Waals surface area contributed by atoms with Crippen molar-refractivity contribution in [2.75, 3.05) is 46.2 Å². The first-order valence-electron chi connectivity index (χ1n) is 14.7. The Morgan fingerprint density at radius 1 is 0.561 bits per heavy atom. The van der Waals surface area contributed by atoms with Crippen molar-refractivity contribution in [1.82, 2.24) is 0 Å². The normalized spacial score (nSPS) is 23.9. The Labute approximate surface area is 239 Å². The van der Waals surface area contributed by atoms with Crippen LogP contribution in [-0.2, 0) is 31.8 Å². The summed E-state index contributed by atoms with van der Waals surface area (Å²) in [6.07, 6.45) is 3.67. The molecule has 0 saturated carbocycles. The lowest BCUT2D eigenvalue weighted by Gasteiger charge is -2.19. The predicted octanol–water partition coefficient (Wildman–Crippen LogP) is 5.25. The zero-order valence-electron chi connectivity index (χ0n) is 23.0. The van der Waals surface area contributed by atoms with Gasteiger partial charge in [0, 0.05) is 12.0 Å². The van der Waals surface area contributed by atoms with Crippen LogP contribution in [0.25, 0.3) is 21.5 Å². The largest absolute Gasteiger partial charge is 0.491 e. The lowest BCUT2D eigenvalue weighted by Crippen LogP contribution is -2.08. The predicted molar refractivity (Wildman–Crippen MR) is 154 cm³/mol. The van der Waals surface area contributed by atoms with Gasteiger partial charge in [-0.1, -0.05) is 30.3 Å². The zero-order valence-corrected chi connectivity index (χ0v) is 23.0. The standard InChI is InChI=1S/C34H34O7/c1-2-22(5-9-26-14-37-26)32(30-11-24(7-3-21(1)30)35-15-27-17-38-27)13-33-31-12-25(36-16-28-18-39-28)8-4-23(31)6-10-34(33)41-20-29-19-40-29/h1-4,6-8,10-12,26-29H,5,9,13-20H2. The van der Waals surface area contributed by atoms with E-state index in [1.165, 1.54) is 21.9 Å². The molecule has 0 amide bonds. The number of benzene rings is 4. The van der Waals surface area contributed by atoms with Gasteiger partial charge in [-0.05, 0) is 75.8 Å². The van der Waals surface area contributed by atoms with Crippen molar-refractivity contribution in [3.05, 3.63) is 77.4 Å². The molecule has 0 bridgehead atoms. The van der Waals surface area contributed by atoms with Crippen LogP contribution in [0.1, 0.15) is 23.1 Å². The van der Waals surface area contributed by atoms with Gasteiger partial charge < -0.3 is 33.2 Å². The molecule has 7 nitrogen and oxygen atoms in total. The van der Waals surface area contributed by atoms with E-state index in [1.54, 1.807) is 0 Å². The highest BCUT2D eigenvalue weighted by Crippen LogP contribution is 2.37. The molecule has 7 heteroatoms. The van der Waals surface area contributed by atoms with E-state index in [4.69, 9.17) is 33.2 Å². The van der Waals surface area contributed by atoms with E-state index < -0.39 is 0 Å². The summed E-state index contributed by atoms with van der Waals surface area (Å²) in [5, 5.41) is 4.70. The second-order valence-electron chi connectivity index (χ2n) is 11.5. The summed E-state index contributed by atoms with van der Waals surface area (Å²) in [6.45, 7) is 4.88. The van der Waals surface area contributed by atoms with Gasteiger partial charge in [-0.2, -0.15) is 0 Å². The molecule has 4 heterocycles. The first-order valence-corrected chi connectivity index (χ1v) is 14.7. The Hall–Kier alpha value is -3.36. The minimum atomic E-state index is 0.175. The molecule has 4 aliphatic rings. The summed E-state index contributed by atoms with van der Waals surface area (Å²) < 4.78 is 40.4. The van der Waals surface area contributed by atoms with Crippen LogP contribution in [0.4, 0.5) is 0 Å². The molecule has 4 unspecified atom stereocenters. The number of epoxide rings is 4. The molecule has 4 aromatic carbocycles. The summed E-state index contributed by atoms with van der Waals surface area (Å²) in [7, 11) is 0. The molecular formula is C34H34O7. The second-order valence-corrected chi connectivity index (χ2v) is 11.5. The third-order valence-electron chi connectivity index (χ3n) is 8.26. The molecule has 0 radical (unpaired) electrons. The molecule has 4 saturated heterocycles. The van der Waals surface area contributed by atoms with Gasteiger partial charge in [0.2, 0.25) is 0 Å². The van der Waals surface area contributed by atoms with Crippen LogP contribution in [0, 0.1) is 0 Å². The van der Waals surface area contributed by atoms with Crippen molar-refractivity contribution < 1.29 is 33.2 Å². The maximum absolute atomic E-state index is 6.40. The zero-order chi connectivity index (χ0) is 27.2. The first kappa shape index (κ1) is 25.4. The van der Waals surface area contributed by atoms with Gasteiger partial charge >= 0.3 is 0 Å². The molecule has 4 fully saturated rings. The monoisotopic (exact) mass is 554 g/mol. The highest BCUT2D eigenvalue weighted by Gasteiger charge is 2.27. The van der Waals surface area contributed by atoms with Crippen LogP contribution < -0.4 is 14.2 Å². The highest BCUT2D eigenvalue weighted by atomic mass is 16.6. The van der Waals surface area contributed by atoms with E-state index in [0.717, 1.165) is 79.3 Å². The summed E-state index contributed by atoms with van der Waals surface area (Å²) in [5.74, 6) is 2.61. The number of ether oxygens (including phenoxy) is 7. The topological polar surface area (TPSA) is 77.8 Å². The number of rotatable bonds is 14. The van der Waals surface area contributed by atoms with Crippen molar-refractivity contribution in [3.63, 3.8) is 0 Å². The SMILES string of the molecule is c1cc2ccc(CCC3CO3)c(Cc3c(OCC4CO4)ccc4ccc(OCC5CO5)cc34)c2cc1OCC1CO1. The lowest BCUT2D eigenvalue weighted by molar-refractivity contribution is 0.261. The fourth-order valence-corrected chi connectivity index (χ4v) is 5.47. The molecule has 0 N–H and O–H groups in total. The molecule has 0 spiro atoms. The summed E-state index contributed by atoms with van der Waals surface area (Å²) >= 11 is 0. The molecule has 0 aliphatic carbocycles. The van der Waals surface area contributed by atoms with Crippen LogP contribution in [0.3, 0.4) is 0 Å². The van der Waals surface area contributed by atoms with Crippen LogP contribution in [0.15, 0.2) is 60.7 Å². The highest BCUT2D eigenvalue weighted by molar-refractivity contribution is 5.92. The molecule has 4 aliphatic heterocycles. The minimum Gasteiger partial charge on any atom is -0.491 e. The quantitative estimate of drug-likeness (QED) is 0.197. The lowest BCUT2D eigenvalue weighted by atomic mass is 9.89. The Morgan fingerprint density at radius 2 is 1.07 bits per heavy atom. The van der Waals surface area contributed by atoms with Crippen LogP contribution >= 0.6 is 0 Å². The average Bonchev–Trinajstić information content (AvgIpc) is 3.83. The summed E-state index contributed by atoms with van der Waals surface area (Å²) in [4.78, 5) is 0. The molecule has 8 rings (SSSR count). The summed E-state index contributed by atoms with van der Waals surface area (Å²) in [6, 6.07) is 21.5. The molecule has 41 heavy (non-hydrogen) atoms. The number of fused-ring (bicyclic) bond motifs is 2. The minimum absolute atomic E-state index is 0.175. The third kappa shape index (κ3) is 6.14. The Morgan fingerprint density at radius 3 is 1.66 bits per heavy atom. The van der Waals surface area contributed by atoms with Gasteiger partial charge in [0.1, 0.15) is 55.4 Å². The van der Waals surface area contributed by atoms with Crippen molar-refractivity contribution >= 4 is 21.5 Å². The molecule has 4 atom stereocenters. The Balaban J connectivity index is 1.21. The van der Waals surface area contributed by atoms with Gasteiger partial charge in [-0.15, -0.1) is 0 Å². The van der Waals surface area contributed by atoms with Crippen molar-refractivity contribution in [2.45, 2.75) is 43.7 Å².